The summed E-state index contributed by atoms with van der Waals surface area (Å²) in [7, 11) is 0. The van der Waals surface area contributed by atoms with Gasteiger partial charge in [0.15, 0.2) is 0 Å². The van der Waals surface area contributed by atoms with Gasteiger partial charge in [0.25, 0.3) is 0 Å². The summed E-state index contributed by atoms with van der Waals surface area (Å²) in [6.07, 6.45) is 0.386. The second kappa shape index (κ2) is 6.75. The second-order valence-corrected chi connectivity index (χ2v) is 5.78. The zero-order chi connectivity index (χ0) is 14.5. The van der Waals surface area contributed by atoms with Crippen LogP contribution in [0.15, 0.2) is 0 Å². The van der Waals surface area contributed by atoms with E-state index in [1.165, 1.54) is 0 Å². The van der Waals surface area contributed by atoms with Gasteiger partial charge in [-0.2, -0.15) is 0 Å². The number of carbonyl (C=O) groups excluding carboxylic acids is 1. The van der Waals surface area contributed by atoms with Gasteiger partial charge >= 0.3 is 12.1 Å². The molecule has 2 N–H and O–H groups in total. The number of nitrogens with one attached hydrogen (secondary N) is 1. The van der Waals surface area contributed by atoms with E-state index in [9.17, 15) is 9.59 Å². The van der Waals surface area contributed by atoms with E-state index in [0.717, 1.165) is 12.8 Å². The molecule has 0 spiro atoms. The van der Waals surface area contributed by atoms with Crippen LogP contribution in [-0.4, -0.2) is 42.5 Å². The lowest BCUT2D eigenvalue weighted by atomic mass is 9.85. The first kappa shape index (κ1) is 15.8. The van der Waals surface area contributed by atoms with Crippen LogP contribution in [0, 0.1) is 11.8 Å². The molecule has 1 heterocycles. The van der Waals surface area contributed by atoms with Gasteiger partial charge in [0, 0.05) is 19.8 Å². The number of hydrogen-bond acceptors (Lipinski definition) is 4. The van der Waals surface area contributed by atoms with Gasteiger partial charge in [0.05, 0.1) is 5.92 Å². The normalized spacial score (nSPS) is 18.7. The minimum atomic E-state index is -1.12. The molecule has 1 aliphatic rings. The number of ether oxygens (including phenoxy) is 2. The molecule has 1 amide bonds. The predicted octanol–water partition coefficient (Wildman–Crippen LogP) is 1.64. The van der Waals surface area contributed by atoms with E-state index in [0.29, 0.717) is 13.2 Å². The van der Waals surface area contributed by atoms with Crippen molar-refractivity contribution >= 4 is 12.1 Å². The molecule has 6 heteroatoms. The van der Waals surface area contributed by atoms with Gasteiger partial charge < -0.3 is 19.9 Å². The van der Waals surface area contributed by atoms with Crippen LogP contribution in [0.5, 0.6) is 0 Å². The van der Waals surface area contributed by atoms with Gasteiger partial charge in [0.2, 0.25) is 0 Å². The molecule has 1 rings (SSSR count). The Bertz CT molecular complexity index is 317. The molecule has 0 aliphatic carbocycles. The van der Waals surface area contributed by atoms with E-state index in [1.807, 2.05) is 0 Å². The first-order chi connectivity index (χ1) is 8.79. The smallest absolute Gasteiger partial charge is 0.404 e. The predicted molar refractivity (Wildman–Crippen MR) is 68.9 cm³/mol. The van der Waals surface area contributed by atoms with E-state index in [4.69, 9.17) is 14.6 Å². The lowest BCUT2D eigenvalue weighted by Crippen LogP contribution is -2.41. The molecule has 19 heavy (non-hydrogen) atoms. The molecule has 1 aliphatic heterocycles. The van der Waals surface area contributed by atoms with Gasteiger partial charge in [-0.05, 0) is 39.5 Å². The molecule has 1 unspecified atom stereocenters. The van der Waals surface area contributed by atoms with Crippen molar-refractivity contribution in [3.63, 3.8) is 0 Å². The number of hydrogen-bond donors (Lipinski definition) is 2. The van der Waals surface area contributed by atoms with Crippen molar-refractivity contribution in [3.8, 4) is 0 Å². The topological polar surface area (TPSA) is 84.9 Å². The minimum Gasteiger partial charge on any atom is -0.465 e. The molecule has 0 aromatic heterocycles. The Morgan fingerprint density at radius 2 is 1.95 bits per heavy atom. The Balaban J connectivity index is 2.66. The zero-order valence-electron chi connectivity index (χ0n) is 11.8. The van der Waals surface area contributed by atoms with E-state index in [2.05, 4.69) is 5.32 Å². The monoisotopic (exact) mass is 273 g/mol. The fourth-order valence-corrected chi connectivity index (χ4v) is 2.14. The van der Waals surface area contributed by atoms with Gasteiger partial charge in [-0.3, -0.25) is 4.79 Å². The van der Waals surface area contributed by atoms with Gasteiger partial charge in [-0.25, -0.2) is 4.79 Å². The first-order valence-corrected chi connectivity index (χ1v) is 6.57. The van der Waals surface area contributed by atoms with Crippen LogP contribution >= 0.6 is 0 Å². The van der Waals surface area contributed by atoms with E-state index < -0.39 is 17.6 Å². The molecule has 1 atom stereocenters. The van der Waals surface area contributed by atoms with Crippen LogP contribution in [0.25, 0.3) is 0 Å². The quantitative estimate of drug-likeness (QED) is 0.761. The van der Waals surface area contributed by atoms with Crippen molar-refractivity contribution in [1.29, 1.82) is 0 Å². The van der Waals surface area contributed by atoms with Crippen molar-refractivity contribution in [2.24, 2.45) is 11.8 Å². The third kappa shape index (κ3) is 5.92. The second-order valence-electron chi connectivity index (χ2n) is 5.78. The Hall–Kier alpha value is -1.30. The summed E-state index contributed by atoms with van der Waals surface area (Å²) in [5.74, 6) is -0.678. The Labute approximate surface area is 113 Å². The Morgan fingerprint density at radius 1 is 1.37 bits per heavy atom. The largest absolute Gasteiger partial charge is 0.465 e. The average Bonchev–Trinajstić information content (AvgIpc) is 2.27. The Morgan fingerprint density at radius 3 is 2.42 bits per heavy atom. The molecular weight excluding hydrogens is 250 g/mol. The maximum Gasteiger partial charge on any atom is 0.404 e. The molecule has 0 radical (unpaired) electrons. The molecule has 6 nitrogen and oxygen atoms in total. The van der Waals surface area contributed by atoms with Crippen LogP contribution in [0.4, 0.5) is 4.79 Å². The highest BCUT2D eigenvalue weighted by atomic mass is 16.6. The van der Waals surface area contributed by atoms with Crippen molar-refractivity contribution in [1.82, 2.24) is 5.32 Å². The molecule has 1 fully saturated rings. The van der Waals surface area contributed by atoms with E-state index in [1.54, 1.807) is 20.8 Å². The highest BCUT2D eigenvalue weighted by molar-refractivity contribution is 5.74. The summed E-state index contributed by atoms with van der Waals surface area (Å²) >= 11 is 0. The Kier molecular flexibility index (Phi) is 5.60. The number of carbonyl (C=O) groups is 2. The van der Waals surface area contributed by atoms with Crippen molar-refractivity contribution in [2.45, 2.75) is 39.2 Å². The zero-order valence-corrected chi connectivity index (χ0v) is 11.8. The van der Waals surface area contributed by atoms with Crippen molar-refractivity contribution in [3.05, 3.63) is 0 Å². The molecule has 1 saturated heterocycles. The molecule has 0 saturated carbocycles. The van der Waals surface area contributed by atoms with Crippen LogP contribution < -0.4 is 5.32 Å². The first-order valence-electron chi connectivity index (χ1n) is 6.57. The molecular formula is C13H23NO5. The maximum absolute atomic E-state index is 12.2. The molecule has 0 aromatic rings. The molecule has 0 bridgehead atoms. The maximum atomic E-state index is 12.2. The highest BCUT2D eigenvalue weighted by Gasteiger charge is 2.33. The summed E-state index contributed by atoms with van der Waals surface area (Å²) in [5, 5.41) is 11.0. The number of amides is 1. The molecule has 110 valence electrons. The van der Waals surface area contributed by atoms with Crippen LogP contribution in [0.2, 0.25) is 0 Å². The van der Waals surface area contributed by atoms with E-state index >= 15 is 0 Å². The summed E-state index contributed by atoms with van der Waals surface area (Å²) in [4.78, 5) is 22.8. The third-order valence-corrected chi connectivity index (χ3v) is 3.02. The minimum absolute atomic E-state index is 0.0922. The lowest BCUT2D eigenvalue weighted by molar-refractivity contribution is -0.163. The standard InChI is InChI=1S/C13H23NO5/c1-13(2,3)19-11(15)10(8-14-12(16)17)9-4-6-18-7-5-9/h9-10,14H,4-8H2,1-3H3,(H,16,17). The van der Waals surface area contributed by atoms with Crippen molar-refractivity contribution < 1.29 is 24.2 Å². The number of rotatable bonds is 4. The average molecular weight is 273 g/mol. The summed E-state index contributed by atoms with van der Waals surface area (Å²) in [6.45, 7) is 6.71. The van der Waals surface area contributed by atoms with Crippen LogP contribution in [-0.2, 0) is 14.3 Å². The van der Waals surface area contributed by atoms with Gasteiger partial charge in [-0.1, -0.05) is 0 Å². The van der Waals surface area contributed by atoms with Crippen LogP contribution in [0.1, 0.15) is 33.6 Å². The fourth-order valence-electron chi connectivity index (χ4n) is 2.14. The lowest BCUT2D eigenvalue weighted by Gasteiger charge is -2.31. The van der Waals surface area contributed by atoms with Crippen molar-refractivity contribution in [2.75, 3.05) is 19.8 Å². The van der Waals surface area contributed by atoms with Crippen LogP contribution in [0.3, 0.4) is 0 Å². The summed E-state index contributed by atoms with van der Waals surface area (Å²) < 4.78 is 10.6. The third-order valence-electron chi connectivity index (χ3n) is 3.02. The summed E-state index contributed by atoms with van der Waals surface area (Å²) in [5.41, 5.74) is -0.566. The van der Waals surface area contributed by atoms with Gasteiger partial charge in [-0.15, -0.1) is 0 Å². The molecule has 0 aromatic carbocycles. The number of carboxylic acid groups (broad SMARTS) is 1. The van der Waals surface area contributed by atoms with E-state index in [-0.39, 0.29) is 18.4 Å². The summed E-state index contributed by atoms with van der Waals surface area (Å²) in [6, 6.07) is 0. The van der Waals surface area contributed by atoms with Gasteiger partial charge in [0.1, 0.15) is 5.60 Å². The highest BCUT2D eigenvalue weighted by Crippen LogP contribution is 2.26. The number of esters is 1. The SMILES string of the molecule is CC(C)(C)OC(=O)C(CNC(=O)O)C1CCOCC1. The fraction of sp³-hybridized carbons (Fsp3) is 0.846.